The van der Waals surface area contributed by atoms with Crippen LogP contribution in [-0.4, -0.2) is 23.5 Å². The van der Waals surface area contributed by atoms with Gasteiger partial charge in [-0.1, -0.05) is 43.9 Å². The molecule has 1 saturated carbocycles. The Hall–Kier alpha value is -1.84. The van der Waals surface area contributed by atoms with Gasteiger partial charge in [0, 0.05) is 18.7 Å². The van der Waals surface area contributed by atoms with Crippen molar-refractivity contribution in [3.05, 3.63) is 30.3 Å². The van der Waals surface area contributed by atoms with Crippen LogP contribution in [0.5, 0.6) is 0 Å². The van der Waals surface area contributed by atoms with Gasteiger partial charge in [0.05, 0.1) is 6.42 Å². The van der Waals surface area contributed by atoms with Crippen molar-refractivity contribution in [1.29, 1.82) is 0 Å². The van der Waals surface area contributed by atoms with Crippen LogP contribution in [0.25, 0.3) is 0 Å². The van der Waals surface area contributed by atoms with Crippen molar-refractivity contribution in [1.82, 2.24) is 0 Å². The molecule has 4 nitrogen and oxygen atoms in total. The van der Waals surface area contributed by atoms with Gasteiger partial charge >= 0.3 is 5.97 Å². The molecule has 0 saturated heterocycles. The van der Waals surface area contributed by atoms with Gasteiger partial charge < -0.3 is 10.0 Å². The smallest absolute Gasteiger partial charge is 0.305 e. The number of hydrogen-bond acceptors (Lipinski definition) is 2. The van der Waals surface area contributed by atoms with Crippen LogP contribution in [0, 0.1) is 5.92 Å². The number of para-hydroxylation sites is 1. The summed E-state index contributed by atoms with van der Waals surface area (Å²) in [5.41, 5.74) is 0.787. The molecule has 1 amide bonds. The minimum atomic E-state index is -0.875. The Labute approximate surface area is 125 Å². The summed E-state index contributed by atoms with van der Waals surface area (Å²) in [7, 11) is 0. The Balaban J connectivity index is 1.96. The number of aliphatic carboxylic acids is 1. The van der Waals surface area contributed by atoms with Crippen LogP contribution in [0.4, 0.5) is 5.69 Å². The average Bonchev–Trinajstić information content (AvgIpc) is 2.99. The zero-order valence-electron chi connectivity index (χ0n) is 12.3. The van der Waals surface area contributed by atoms with Crippen LogP contribution in [0.1, 0.15) is 44.9 Å². The third-order valence-corrected chi connectivity index (χ3v) is 4.16. The summed E-state index contributed by atoms with van der Waals surface area (Å²) in [6, 6.07) is 9.34. The third-order valence-electron chi connectivity index (χ3n) is 4.16. The van der Waals surface area contributed by atoms with Gasteiger partial charge in [-0.05, 0) is 24.5 Å². The van der Waals surface area contributed by atoms with Gasteiger partial charge in [-0.15, -0.1) is 0 Å². The number of carboxylic acids is 1. The van der Waals surface area contributed by atoms with E-state index < -0.39 is 5.97 Å². The van der Waals surface area contributed by atoms with Gasteiger partial charge in [0.1, 0.15) is 0 Å². The first kappa shape index (κ1) is 15.5. The molecule has 1 aliphatic rings. The molecule has 0 aliphatic heterocycles. The predicted molar refractivity (Wildman–Crippen MR) is 82.2 cm³/mol. The highest BCUT2D eigenvalue weighted by Crippen LogP contribution is 2.29. The maximum atomic E-state index is 12.4. The molecule has 1 aromatic carbocycles. The number of rotatable bonds is 7. The molecule has 1 fully saturated rings. The van der Waals surface area contributed by atoms with Crippen LogP contribution in [-0.2, 0) is 9.59 Å². The number of benzene rings is 1. The molecule has 2 rings (SSSR count). The maximum absolute atomic E-state index is 12.4. The van der Waals surface area contributed by atoms with E-state index in [-0.39, 0.29) is 18.9 Å². The number of nitrogens with zero attached hydrogens (tertiary/aromatic N) is 1. The molecule has 4 heteroatoms. The zero-order valence-corrected chi connectivity index (χ0v) is 12.3. The lowest BCUT2D eigenvalue weighted by Crippen LogP contribution is -2.33. The number of amides is 1. The van der Waals surface area contributed by atoms with Gasteiger partial charge in [-0.25, -0.2) is 0 Å². The lowest BCUT2D eigenvalue weighted by molar-refractivity contribution is -0.136. The zero-order chi connectivity index (χ0) is 15.1. The molecule has 0 aromatic heterocycles. The molecule has 21 heavy (non-hydrogen) atoms. The van der Waals surface area contributed by atoms with Crippen molar-refractivity contribution in [3.63, 3.8) is 0 Å². The maximum Gasteiger partial charge on any atom is 0.305 e. The fraction of sp³-hybridized carbons (Fsp3) is 0.529. The van der Waals surface area contributed by atoms with Crippen molar-refractivity contribution in [2.24, 2.45) is 5.92 Å². The van der Waals surface area contributed by atoms with Crippen molar-refractivity contribution in [3.8, 4) is 0 Å². The Morgan fingerprint density at radius 1 is 1.10 bits per heavy atom. The monoisotopic (exact) mass is 289 g/mol. The second-order valence-corrected chi connectivity index (χ2v) is 5.71. The highest BCUT2D eigenvalue weighted by atomic mass is 16.4. The molecule has 0 atom stereocenters. The summed E-state index contributed by atoms with van der Waals surface area (Å²) in [6.45, 7) is 0.239. The van der Waals surface area contributed by atoms with Gasteiger partial charge in [-0.3, -0.25) is 9.59 Å². The summed E-state index contributed by atoms with van der Waals surface area (Å²) in [5.74, 6) is -0.167. The molecule has 0 bridgehead atoms. The lowest BCUT2D eigenvalue weighted by atomic mass is 10.0. The van der Waals surface area contributed by atoms with E-state index in [9.17, 15) is 9.59 Å². The molecular weight excluding hydrogens is 266 g/mol. The largest absolute Gasteiger partial charge is 0.481 e. The summed E-state index contributed by atoms with van der Waals surface area (Å²) >= 11 is 0. The highest BCUT2D eigenvalue weighted by Gasteiger charge is 2.20. The number of anilines is 1. The Kier molecular flexibility index (Phi) is 5.78. The Morgan fingerprint density at radius 3 is 2.38 bits per heavy atom. The van der Waals surface area contributed by atoms with Gasteiger partial charge in [0.25, 0.3) is 0 Å². The van der Waals surface area contributed by atoms with Crippen molar-refractivity contribution in [2.45, 2.75) is 44.9 Å². The van der Waals surface area contributed by atoms with E-state index in [1.807, 2.05) is 30.3 Å². The standard InChI is InChI=1S/C17H23NO3/c19-16(11-10-14-6-4-5-7-14)18(13-12-17(20)21)15-8-2-1-3-9-15/h1-3,8-9,14H,4-7,10-13H2,(H,20,21). The molecule has 0 unspecified atom stereocenters. The molecule has 0 heterocycles. The van der Waals surface area contributed by atoms with Gasteiger partial charge in [-0.2, -0.15) is 0 Å². The van der Waals surface area contributed by atoms with E-state index in [0.29, 0.717) is 12.3 Å². The van der Waals surface area contributed by atoms with E-state index in [4.69, 9.17) is 5.11 Å². The Bertz CT molecular complexity index is 466. The fourth-order valence-electron chi connectivity index (χ4n) is 2.97. The third kappa shape index (κ3) is 4.88. The number of hydrogen-bond donors (Lipinski definition) is 1. The van der Waals surface area contributed by atoms with E-state index in [1.165, 1.54) is 25.7 Å². The second kappa shape index (κ2) is 7.81. The van der Waals surface area contributed by atoms with E-state index in [0.717, 1.165) is 12.1 Å². The second-order valence-electron chi connectivity index (χ2n) is 5.71. The lowest BCUT2D eigenvalue weighted by Gasteiger charge is -2.23. The minimum Gasteiger partial charge on any atom is -0.481 e. The molecule has 0 spiro atoms. The molecule has 0 radical (unpaired) electrons. The molecule has 1 aromatic rings. The molecule has 1 N–H and O–H groups in total. The van der Waals surface area contributed by atoms with Crippen LogP contribution >= 0.6 is 0 Å². The first-order valence-electron chi connectivity index (χ1n) is 7.74. The topological polar surface area (TPSA) is 57.6 Å². The van der Waals surface area contributed by atoms with Gasteiger partial charge in [0.15, 0.2) is 0 Å². The summed E-state index contributed by atoms with van der Waals surface area (Å²) in [6.07, 6.45) is 6.43. The van der Waals surface area contributed by atoms with Crippen LogP contribution < -0.4 is 4.90 Å². The predicted octanol–water partition coefficient (Wildman–Crippen LogP) is 3.46. The molecule has 1 aliphatic carbocycles. The van der Waals surface area contributed by atoms with Crippen LogP contribution in [0.3, 0.4) is 0 Å². The van der Waals surface area contributed by atoms with Crippen LogP contribution in [0.15, 0.2) is 30.3 Å². The van der Waals surface area contributed by atoms with Gasteiger partial charge in [0.2, 0.25) is 5.91 Å². The average molecular weight is 289 g/mol. The molecular formula is C17H23NO3. The summed E-state index contributed by atoms with van der Waals surface area (Å²) in [5, 5.41) is 8.86. The van der Waals surface area contributed by atoms with Crippen molar-refractivity contribution in [2.75, 3.05) is 11.4 Å². The van der Waals surface area contributed by atoms with E-state index in [1.54, 1.807) is 4.90 Å². The van der Waals surface area contributed by atoms with Crippen LogP contribution in [0.2, 0.25) is 0 Å². The molecule has 114 valence electrons. The highest BCUT2D eigenvalue weighted by molar-refractivity contribution is 5.93. The Morgan fingerprint density at radius 2 is 1.76 bits per heavy atom. The first-order valence-corrected chi connectivity index (χ1v) is 7.74. The van der Waals surface area contributed by atoms with Crippen molar-refractivity contribution >= 4 is 17.6 Å². The first-order chi connectivity index (χ1) is 10.2. The van der Waals surface area contributed by atoms with E-state index in [2.05, 4.69) is 0 Å². The fourth-order valence-corrected chi connectivity index (χ4v) is 2.97. The quantitative estimate of drug-likeness (QED) is 0.836. The van der Waals surface area contributed by atoms with Crippen molar-refractivity contribution < 1.29 is 14.7 Å². The number of carbonyl (C=O) groups excluding carboxylic acids is 1. The summed E-state index contributed by atoms with van der Waals surface area (Å²) in [4.78, 5) is 24.8. The normalized spacial score (nSPS) is 15.0. The SMILES string of the molecule is O=C(O)CCN(C(=O)CCC1CCCC1)c1ccccc1. The number of carboxylic acid groups (broad SMARTS) is 1. The summed E-state index contributed by atoms with van der Waals surface area (Å²) < 4.78 is 0. The minimum absolute atomic E-state index is 0.0237. The van der Waals surface area contributed by atoms with E-state index >= 15 is 0 Å². The number of carbonyl (C=O) groups is 2.